The lowest BCUT2D eigenvalue weighted by atomic mass is 9.90. The lowest BCUT2D eigenvalue weighted by Crippen LogP contribution is -2.48. The molecule has 1 saturated carbocycles. The molecule has 0 saturated heterocycles. The zero-order valence-corrected chi connectivity index (χ0v) is 23.5. The van der Waals surface area contributed by atoms with Crippen LogP contribution in [0, 0.1) is 0 Å². The van der Waals surface area contributed by atoms with E-state index in [4.69, 9.17) is 14.0 Å². The number of carboxylic acids is 1. The van der Waals surface area contributed by atoms with Gasteiger partial charge in [0.25, 0.3) is 0 Å². The predicted octanol–water partition coefficient (Wildman–Crippen LogP) is 5.96. The molecule has 2 aromatic carbocycles. The fourth-order valence-corrected chi connectivity index (χ4v) is 5.73. The summed E-state index contributed by atoms with van der Waals surface area (Å²) >= 11 is 0. The molecule has 10 nitrogen and oxygen atoms in total. The standard InChI is InChI=1S/C31H35N3O7/c1-31(2,3)40-29(37)32-19-9-8-10-20(15-19)34(17-21-16-27(28(35)36)33-41-21)30(38)39-18-26-24-13-6-4-11-22(24)23-12-5-7-14-25(23)26/h4-7,11-14,16,19-20,26H,8-10,15,17-18H2,1-3H3,(H,32,37)(H,35,36)/t19-,20-/m1/s1. The smallest absolute Gasteiger partial charge is 0.410 e. The van der Waals surface area contributed by atoms with Crippen LogP contribution in [0.25, 0.3) is 11.1 Å². The van der Waals surface area contributed by atoms with E-state index in [1.54, 1.807) is 25.7 Å². The second-order valence-electron chi connectivity index (χ2n) is 11.6. The number of carboxylic acid groups (broad SMARTS) is 1. The number of hydrogen-bond donors (Lipinski definition) is 2. The molecule has 5 rings (SSSR count). The molecular weight excluding hydrogens is 526 g/mol. The van der Waals surface area contributed by atoms with Gasteiger partial charge in [-0.15, -0.1) is 0 Å². The van der Waals surface area contributed by atoms with E-state index in [9.17, 15) is 19.5 Å². The molecule has 1 fully saturated rings. The summed E-state index contributed by atoms with van der Waals surface area (Å²) in [6, 6.07) is 17.1. The van der Waals surface area contributed by atoms with Gasteiger partial charge in [-0.2, -0.15) is 0 Å². The summed E-state index contributed by atoms with van der Waals surface area (Å²) in [5, 5.41) is 15.8. The summed E-state index contributed by atoms with van der Waals surface area (Å²) in [6.07, 6.45) is 1.66. The largest absolute Gasteiger partial charge is 0.476 e. The van der Waals surface area contributed by atoms with Gasteiger partial charge in [-0.25, -0.2) is 14.4 Å². The third-order valence-electron chi connectivity index (χ3n) is 7.48. The molecule has 10 heteroatoms. The maximum atomic E-state index is 13.7. The zero-order valence-electron chi connectivity index (χ0n) is 23.5. The topological polar surface area (TPSA) is 131 Å². The van der Waals surface area contributed by atoms with E-state index in [1.165, 1.54) is 6.07 Å². The van der Waals surface area contributed by atoms with Crippen LogP contribution >= 0.6 is 0 Å². The lowest BCUT2D eigenvalue weighted by molar-refractivity contribution is 0.0440. The first kappa shape index (κ1) is 28.2. The minimum atomic E-state index is -1.22. The summed E-state index contributed by atoms with van der Waals surface area (Å²) in [5.41, 5.74) is 3.61. The van der Waals surface area contributed by atoms with E-state index in [0.717, 1.165) is 35.1 Å². The first-order chi connectivity index (χ1) is 19.6. The predicted molar refractivity (Wildman–Crippen MR) is 149 cm³/mol. The second kappa shape index (κ2) is 11.6. The Kier molecular flexibility index (Phi) is 8.01. The second-order valence-corrected chi connectivity index (χ2v) is 11.6. The van der Waals surface area contributed by atoms with E-state index >= 15 is 0 Å². The van der Waals surface area contributed by atoms with Crippen molar-refractivity contribution in [2.75, 3.05) is 6.61 Å². The molecule has 216 valence electrons. The number of fused-ring (bicyclic) bond motifs is 3. The van der Waals surface area contributed by atoms with Crippen molar-refractivity contribution in [1.29, 1.82) is 0 Å². The number of alkyl carbamates (subject to hydrolysis) is 1. The molecule has 0 radical (unpaired) electrons. The van der Waals surface area contributed by atoms with Crippen molar-refractivity contribution in [1.82, 2.24) is 15.4 Å². The van der Waals surface area contributed by atoms with Crippen molar-refractivity contribution < 1.29 is 33.5 Å². The molecule has 2 N–H and O–H groups in total. The maximum Gasteiger partial charge on any atom is 0.410 e. The first-order valence-corrected chi connectivity index (χ1v) is 13.9. The summed E-state index contributed by atoms with van der Waals surface area (Å²) in [5.74, 6) is -1.09. The highest BCUT2D eigenvalue weighted by atomic mass is 16.6. The molecule has 0 bridgehead atoms. The van der Waals surface area contributed by atoms with Crippen LogP contribution in [0.15, 0.2) is 59.1 Å². The van der Waals surface area contributed by atoms with Crippen molar-refractivity contribution in [3.05, 3.63) is 77.2 Å². The fraction of sp³-hybridized carbons (Fsp3) is 0.419. The zero-order chi connectivity index (χ0) is 29.1. The van der Waals surface area contributed by atoms with E-state index in [2.05, 4.69) is 34.7 Å². The van der Waals surface area contributed by atoms with Crippen molar-refractivity contribution >= 4 is 18.2 Å². The molecule has 0 unspecified atom stereocenters. The van der Waals surface area contributed by atoms with Crippen molar-refractivity contribution in [2.24, 2.45) is 0 Å². The lowest BCUT2D eigenvalue weighted by Gasteiger charge is -2.37. The molecule has 41 heavy (non-hydrogen) atoms. The van der Waals surface area contributed by atoms with Crippen LogP contribution in [0.5, 0.6) is 0 Å². The molecule has 2 amide bonds. The normalized spacial score (nSPS) is 18.2. The van der Waals surface area contributed by atoms with Crippen molar-refractivity contribution in [3.63, 3.8) is 0 Å². The summed E-state index contributed by atoms with van der Waals surface area (Å²) in [7, 11) is 0. The van der Waals surface area contributed by atoms with Gasteiger partial charge in [-0.05, 0) is 68.7 Å². The minimum Gasteiger partial charge on any atom is -0.476 e. The monoisotopic (exact) mass is 561 g/mol. The van der Waals surface area contributed by atoms with Gasteiger partial charge in [0.1, 0.15) is 12.2 Å². The Morgan fingerprint density at radius 2 is 1.71 bits per heavy atom. The molecular formula is C31H35N3O7. The summed E-state index contributed by atoms with van der Waals surface area (Å²) in [6.45, 7) is 5.54. The number of rotatable bonds is 7. The SMILES string of the molecule is CC(C)(C)OC(=O)N[C@@H]1CCC[C@@H](N(Cc2cc(C(=O)O)no2)C(=O)OCC2c3ccccc3-c3ccccc32)C1. The molecule has 0 spiro atoms. The number of nitrogens with zero attached hydrogens (tertiary/aromatic N) is 2. The number of nitrogens with one attached hydrogen (secondary N) is 1. The van der Waals surface area contributed by atoms with Gasteiger partial charge in [0.2, 0.25) is 0 Å². The molecule has 2 atom stereocenters. The van der Waals surface area contributed by atoms with Gasteiger partial charge in [-0.3, -0.25) is 4.90 Å². The number of hydrogen-bond acceptors (Lipinski definition) is 7. The molecule has 2 aliphatic rings. The Balaban J connectivity index is 1.33. The van der Waals surface area contributed by atoms with E-state index < -0.39 is 23.8 Å². The molecule has 0 aliphatic heterocycles. The number of amides is 2. The average molecular weight is 562 g/mol. The number of benzene rings is 2. The Labute approximate surface area is 238 Å². The van der Waals surface area contributed by atoms with Crippen LogP contribution in [-0.2, 0) is 16.0 Å². The number of aromatic nitrogens is 1. The van der Waals surface area contributed by atoms with E-state index in [1.807, 2.05) is 24.3 Å². The highest BCUT2D eigenvalue weighted by Crippen LogP contribution is 2.44. The fourth-order valence-electron chi connectivity index (χ4n) is 5.73. The van der Waals surface area contributed by atoms with Crippen LogP contribution in [0.3, 0.4) is 0 Å². The van der Waals surface area contributed by atoms with Gasteiger partial charge in [0.15, 0.2) is 11.5 Å². The van der Waals surface area contributed by atoms with Crippen molar-refractivity contribution in [2.45, 2.75) is 76.6 Å². The first-order valence-electron chi connectivity index (χ1n) is 13.9. The molecule has 1 aromatic heterocycles. The maximum absolute atomic E-state index is 13.7. The van der Waals surface area contributed by atoms with Crippen LogP contribution < -0.4 is 5.32 Å². The summed E-state index contributed by atoms with van der Waals surface area (Å²) < 4.78 is 16.6. The van der Waals surface area contributed by atoms with Crippen molar-refractivity contribution in [3.8, 4) is 11.1 Å². The number of carbonyl (C=O) groups is 3. The Bertz CT molecular complexity index is 1380. The Hall–Kier alpha value is -4.34. The average Bonchev–Trinajstić information content (AvgIpc) is 3.52. The van der Waals surface area contributed by atoms with Gasteiger partial charge in [0, 0.05) is 24.1 Å². The van der Waals surface area contributed by atoms with Gasteiger partial charge in [0.05, 0.1) is 6.54 Å². The third-order valence-corrected chi connectivity index (χ3v) is 7.48. The highest BCUT2D eigenvalue weighted by Gasteiger charge is 2.35. The molecule has 1 heterocycles. The Morgan fingerprint density at radius 3 is 2.32 bits per heavy atom. The Morgan fingerprint density at radius 1 is 1.05 bits per heavy atom. The highest BCUT2D eigenvalue weighted by molar-refractivity contribution is 5.85. The quantitative estimate of drug-likeness (QED) is 0.361. The van der Waals surface area contributed by atoms with E-state index in [0.29, 0.717) is 12.8 Å². The van der Waals surface area contributed by atoms with Crippen LogP contribution in [0.1, 0.15) is 79.7 Å². The molecule has 3 aromatic rings. The number of carbonyl (C=O) groups excluding carboxylic acids is 2. The summed E-state index contributed by atoms with van der Waals surface area (Å²) in [4.78, 5) is 39.0. The number of ether oxygens (including phenoxy) is 2. The van der Waals surface area contributed by atoms with Gasteiger partial charge >= 0.3 is 18.2 Å². The van der Waals surface area contributed by atoms with Crippen LogP contribution in [0.2, 0.25) is 0 Å². The molecule has 2 aliphatic carbocycles. The number of aromatic carboxylic acids is 1. The van der Waals surface area contributed by atoms with E-state index in [-0.39, 0.29) is 42.6 Å². The van der Waals surface area contributed by atoms with Gasteiger partial charge < -0.3 is 24.4 Å². The van der Waals surface area contributed by atoms with Crippen LogP contribution in [0.4, 0.5) is 9.59 Å². The van der Waals surface area contributed by atoms with Gasteiger partial charge in [-0.1, -0.05) is 53.7 Å². The van der Waals surface area contributed by atoms with Crippen LogP contribution in [-0.4, -0.2) is 57.6 Å². The minimum absolute atomic E-state index is 0.0131. The third kappa shape index (κ3) is 6.53.